The average Bonchev–Trinajstić information content (AvgIpc) is 2.75. The van der Waals surface area contributed by atoms with E-state index in [1.54, 1.807) is 0 Å². The van der Waals surface area contributed by atoms with E-state index in [0.717, 1.165) is 5.69 Å². The lowest BCUT2D eigenvalue weighted by Gasteiger charge is -2.19. The van der Waals surface area contributed by atoms with Crippen LogP contribution in [0.2, 0.25) is 5.15 Å². The number of rotatable bonds is 3. The molecule has 2 rings (SSSR count). The molecule has 0 aliphatic carbocycles. The lowest BCUT2D eigenvalue weighted by molar-refractivity contribution is 0.0696. The average molecular weight is 307 g/mol. The van der Waals surface area contributed by atoms with Crippen molar-refractivity contribution < 1.29 is 9.90 Å². The van der Waals surface area contributed by atoms with Crippen molar-refractivity contribution >= 4 is 17.6 Å². The van der Waals surface area contributed by atoms with Gasteiger partial charge in [0.05, 0.1) is 11.4 Å². The summed E-state index contributed by atoms with van der Waals surface area (Å²) < 4.78 is 1.48. The second-order valence-corrected chi connectivity index (χ2v) is 6.34. The third-order valence-electron chi connectivity index (χ3n) is 3.43. The van der Waals surface area contributed by atoms with Crippen LogP contribution in [-0.2, 0) is 11.8 Å². The number of halogens is 1. The summed E-state index contributed by atoms with van der Waals surface area (Å²) in [5, 5.41) is 13.7. The quantitative estimate of drug-likeness (QED) is 0.929. The first-order valence-corrected chi connectivity index (χ1v) is 7.25. The van der Waals surface area contributed by atoms with Gasteiger partial charge in [-0.2, -0.15) is 5.10 Å². The number of hydrogen-bond donors (Lipinski definition) is 1. The number of carboxylic acid groups (broad SMARTS) is 1. The molecule has 0 atom stereocenters. The number of carbonyl (C=O) groups is 1. The van der Waals surface area contributed by atoms with Gasteiger partial charge in [-0.25, -0.2) is 9.48 Å². The van der Waals surface area contributed by atoms with Gasteiger partial charge in [-0.05, 0) is 29.5 Å². The predicted octanol–water partition coefficient (Wildman–Crippen LogP) is 4.08. The zero-order chi connectivity index (χ0) is 15.8. The first-order chi connectivity index (χ1) is 9.75. The van der Waals surface area contributed by atoms with E-state index < -0.39 is 5.97 Å². The van der Waals surface area contributed by atoms with Crippen LogP contribution in [-0.4, -0.2) is 20.9 Å². The monoisotopic (exact) mass is 306 g/mol. The lowest BCUT2D eigenvalue weighted by atomic mass is 9.87. The molecule has 1 aromatic carbocycles. The number of nitrogens with zero attached hydrogens (tertiary/aromatic N) is 2. The highest BCUT2D eigenvalue weighted by atomic mass is 35.5. The Labute approximate surface area is 129 Å². The number of carboxylic acids is 1. The number of benzene rings is 1. The summed E-state index contributed by atoms with van der Waals surface area (Å²) >= 11 is 6.19. The van der Waals surface area contributed by atoms with Crippen LogP contribution in [0.15, 0.2) is 24.3 Å². The molecule has 0 saturated heterocycles. The minimum atomic E-state index is -1.05. The first kappa shape index (κ1) is 15.6. The SMILES string of the molecule is CCc1nn(-c2ccc(C(C)(C)C)cc2)c(Cl)c1C(=O)O. The van der Waals surface area contributed by atoms with E-state index in [1.165, 1.54) is 10.2 Å². The molecule has 0 radical (unpaired) electrons. The molecule has 5 heteroatoms. The van der Waals surface area contributed by atoms with Crippen molar-refractivity contribution in [2.24, 2.45) is 0 Å². The molecule has 1 N–H and O–H groups in total. The van der Waals surface area contributed by atoms with Gasteiger partial charge in [-0.1, -0.05) is 51.4 Å². The number of aromatic nitrogens is 2. The second-order valence-electron chi connectivity index (χ2n) is 5.98. The van der Waals surface area contributed by atoms with Gasteiger partial charge in [0, 0.05) is 0 Å². The van der Waals surface area contributed by atoms with E-state index in [-0.39, 0.29) is 16.1 Å². The molecular formula is C16H19ClN2O2. The normalized spacial score (nSPS) is 11.7. The molecule has 4 nitrogen and oxygen atoms in total. The van der Waals surface area contributed by atoms with Gasteiger partial charge in [0.1, 0.15) is 10.7 Å². The maximum Gasteiger partial charge on any atom is 0.340 e. The van der Waals surface area contributed by atoms with Crippen molar-refractivity contribution in [2.75, 3.05) is 0 Å². The Morgan fingerprint density at radius 1 is 1.29 bits per heavy atom. The molecular weight excluding hydrogens is 288 g/mol. The molecule has 2 aromatic rings. The predicted molar refractivity (Wildman–Crippen MR) is 83.6 cm³/mol. The summed E-state index contributed by atoms with van der Waals surface area (Å²) in [4.78, 5) is 11.3. The molecule has 21 heavy (non-hydrogen) atoms. The zero-order valence-corrected chi connectivity index (χ0v) is 13.4. The van der Waals surface area contributed by atoms with Gasteiger partial charge in [0.15, 0.2) is 0 Å². The third-order valence-corrected chi connectivity index (χ3v) is 3.78. The number of aryl methyl sites for hydroxylation is 1. The van der Waals surface area contributed by atoms with Gasteiger partial charge in [-0.15, -0.1) is 0 Å². The molecule has 0 saturated carbocycles. The Kier molecular flexibility index (Phi) is 4.10. The van der Waals surface area contributed by atoms with Gasteiger partial charge in [0.2, 0.25) is 0 Å². The zero-order valence-electron chi connectivity index (χ0n) is 12.6. The first-order valence-electron chi connectivity index (χ1n) is 6.87. The maximum atomic E-state index is 11.3. The highest BCUT2D eigenvalue weighted by molar-refractivity contribution is 6.32. The maximum absolute atomic E-state index is 11.3. The van der Waals surface area contributed by atoms with Crippen LogP contribution in [0.25, 0.3) is 5.69 Å². The smallest absolute Gasteiger partial charge is 0.340 e. The minimum Gasteiger partial charge on any atom is -0.478 e. The molecule has 0 fully saturated rings. The molecule has 1 aromatic heterocycles. The van der Waals surface area contributed by atoms with Crippen molar-refractivity contribution in [2.45, 2.75) is 39.5 Å². The largest absolute Gasteiger partial charge is 0.478 e. The fourth-order valence-electron chi connectivity index (χ4n) is 2.17. The van der Waals surface area contributed by atoms with Crippen molar-refractivity contribution in [3.05, 3.63) is 46.2 Å². The van der Waals surface area contributed by atoms with E-state index >= 15 is 0 Å². The fraction of sp³-hybridized carbons (Fsp3) is 0.375. The molecule has 0 amide bonds. The topological polar surface area (TPSA) is 55.1 Å². The highest BCUT2D eigenvalue weighted by Gasteiger charge is 2.22. The Morgan fingerprint density at radius 3 is 2.24 bits per heavy atom. The van der Waals surface area contributed by atoms with E-state index in [4.69, 9.17) is 11.6 Å². The summed E-state index contributed by atoms with van der Waals surface area (Å²) in [6.45, 7) is 8.28. The molecule has 0 spiro atoms. The number of hydrogen-bond acceptors (Lipinski definition) is 2. The summed E-state index contributed by atoms with van der Waals surface area (Å²) in [5.74, 6) is -1.05. The molecule has 0 aliphatic rings. The molecule has 0 unspecified atom stereocenters. The van der Waals surface area contributed by atoms with E-state index in [9.17, 15) is 9.90 Å². The second kappa shape index (κ2) is 5.53. The van der Waals surface area contributed by atoms with Crippen LogP contribution in [0.5, 0.6) is 0 Å². The van der Waals surface area contributed by atoms with Gasteiger partial charge >= 0.3 is 5.97 Å². The Hall–Kier alpha value is -1.81. The van der Waals surface area contributed by atoms with Gasteiger partial charge in [-0.3, -0.25) is 0 Å². The molecule has 112 valence electrons. The van der Waals surface area contributed by atoms with Crippen LogP contribution in [0.1, 0.15) is 49.3 Å². The summed E-state index contributed by atoms with van der Waals surface area (Å²) in [5.41, 5.74) is 2.60. The van der Waals surface area contributed by atoms with Crippen molar-refractivity contribution in [1.82, 2.24) is 9.78 Å². The van der Waals surface area contributed by atoms with Crippen LogP contribution in [0.3, 0.4) is 0 Å². The minimum absolute atomic E-state index is 0.0627. The molecule has 0 bridgehead atoms. The Bertz CT molecular complexity index is 667. The van der Waals surface area contributed by atoms with Crippen LogP contribution in [0.4, 0.5) is 0 Å². The lowest BCUT2D eigenvalue weighted by Crippen LogP contribution is -2.11. The van der Waals surface area contributed by atoms with Crippen LogP contribution < -0.4 is 0 Å². The Balaban J connectivity index is 2.50. The summed E-state index contributed by atoms with van der Waals surface area (Å²) in [7, 11) is 0. The van der Waals surface area contributed by atoms with Crippen LogP contribution >= 0.6 is 11.6 Å². The number of aromatic carboxylic acids is 1. The van der Waals surface area contributed by atoms with E-state index in [1.807, 2.05) is 31.2 Å². The summed E-state index contributed by atoms with van der Waals surface area (Å²) in [6.07, 6.45) is 0.522. The van der Waals surface area contributed by atoms with Crippen LogP contribution in [0, 0.1) is 0 Å². The van der Waals surface area contributed by atoms with Gasteiger partial charge < -0.3 is 5.11 Å². The molecule has 1 heterocycles. The highest BCUT2D eigenvalue weighted by Crippen LogP contribution is 2.27. The van der Waals surface area contributed by atoms with Crippen molar-refractivity contribution in [3.8, 4) is 5.69 Å². The van der Waals surface area contributed by atoms with Crippen molar-refractivity contribution in [3.63, 3.8) is 0 Å². The van der Waals surface area contributed by atoms with E-state index in [2.05, 4.69) is 25.9 Å². The standard InChI is InChI=1S/C16H19ClN2O2/c1-5-12-13(15(20)21)14(17)19(18-12)11-8-6-10(7-9-11)16(2,3)4/h6-9H,5H2,1-4H3,(H,20,21). The molecule has 0 aliphatic heterocycles. The van der Waals surface area contributed by atoms with Crippen molar-refractivity contribution in [1.29, 1.82) is 0 Å². The Morgan fingerprint density at radius 2 is 1.86 bits per heavy atom. The summed E-state index contributed by atoms with van der Waals surface area (Å²) in [6, 6.07) is 7.84. The van der Waals surface area contributed by atoms with Gasteiger partial charge in [0.25, 0.3) is 0 Å². The third kappa shape index (κ3) is 2.95. The van der Waals surface area contributed by atoms with E-state index in [0.29, 0.717) is 12.1 Å². The fourth-order valence-corrected chi connectivity index (χ4v) is 2.50.